The number of hydrogen-bond donors (Lipinski definition) is 1. The van der Waals surface area contributed by atoms with Crippen molar-refractivity contribution in [3.8, 4) is 5.75 Å². The zero-order valence-corrected chi connectivity index (χ0v) is 11.0. The molecule has 0 unspecified atom stereocenters. The van der Waals surface area contributed by atoms with Gasteiger partial charge in [0.1, 0.15) is 5.75 Å². The molecule has 0 aromatic heterocycles. The van der Waals surface area contributed by atoms with Crippen molar-refractivity contribution >= 4 is 23.1 Å². The number of nitrogens with zero attached hydrogens (tertiary/aromatic N) is 1. The van der Waals surface area contributed by atoms with Crippen LogP contribution in [-0.4, -0.2) is 26.0 Å². The normalized spacial score (nSPS) is 11.0. The first-order valence-electron chi connectivity index (χ1n) is 5.95. The summed E-state index contributed by atoms with van der Waals surface area (Å²) in [6.45, 7) is -2.95. The lowest BCUT2D eigenvalue weighted by Crippen LogP contribution is -2.17. The van der Waals surface area contributed by atoms with Gasteiger partial charge in [0.15, 0.2) is 0 Å². The number of nitrogens with one attached hydrogen (secondary N) is 1. The van der Waals surface area contributed by atoms with E-state index in [1.54, 1.807) is 18.2 Å². The molecule has 1 N–H and O–H groups in total. The van der Waals surface area contributed by atoms with Crippen LogP contribution in [0.25, 0.3) is 10.8 Å². The van der Waals surface area contributed by atoms with Crippen LogP contribution in [0.1, 0.15) is 5.56 Å². The molecule has 0 aliphatic rings. The van der Waals surface area contributed by atoms with E-state index in [1.165, 1.54) is 19.4 Å². The van der Waals surface area contributed by atoms with E-state index < -0.39 is 12.7 Å². The summed E-state index contributed by atoms with van der Waals surface area (Å²) in [5.41, 5.74) is 2.43. The van der Waals surface area contributed by atoms with E-state index >= 15 is 0 Å². The smallest absolute Gasteiger partial charge is 0.427 e. The van der Waals surface area contributed by atoms with E-state index in [-0.39, 0.29) is 5.75 Å². The summed E-state index contributed by atoms with van der Waals surface area (Å²) in [6, 6.07) is 10.2. The monoisotopic (exact) mass is 294 g/mol. The summed E-state index contributed by atoms with van der Waals surface area (Å²) < 4.78 is 33.7. The lowest BCUT2D eigenvalue weighted by Gasteiger charge is -2.10. The van der Waals surface area contributed by atoms with Crippen LogP contribution in [0.3, 0.4) is 0 Å². The minimum absolute atomic E-state index is 0.0286. The zero-order chi connectivity index (χ0) is 15.2. The Morgan fingerprint density at radius 3 is 2.76 bits per heavy atom. The standard InChI is InChI=1S/C14H12F2N2O3/c1-20-14(19)18-17-8-11-10-5-3-2-4-9(10)6-7-12(11)21-13(15)16/h2-8,13H,1H3,(H,18,19)/b17-8-. The van der Waals surface area contributed by atoms with Crippen LogP contribution in [0.2, 0.25) is 0 Å². The maximum absolute atomic E-state index is 12.4. The van der Waals surface area contributed by atoms with Crippen molar-refractivity contribution in [3.63, 3.8) is 0 Å². The van der Waals surface area contributed by atoms with Gasteiger partial charge in [-0.15, -0.1) is 0 Å². The Labute approximate surface area is 119 Å². The van der Waals surface area contributed by atoms with E-state index in [4.69, 9.17) is 0 Å². The maximum Gasteiger partial charge on any atom is 0.427 e. The van der Waals surface area contributed by atoms with Crippen LogP contribution in [-0.2, 0) is 4.74 Å². The number of carbonyl (C=O) groups is 1. The quantitative estimate of drug-likeness (QED) is 0.696. The van der Waals surface area contributed by atoms with Crippen LogP contribution in [0.5, 0.6) is 5.75 Å². The van der Waals surface area contributed by atoms with Crippen LogP contribution in [0.4, 0.5) is 13.6 Å². The number of hydrogen-bond acceptors (Lipinski definition) is 4. The molecule has 0 aliphatic heterocycles. The van der Waals surface area contributed by atoms with Gasteiger partial charge in [0.2, 0.25) is 0 Å². The summed E-state index contributed by atoms with van der Waals surface area (Å²) >= 11 is 0. The Hall–Kier alpha value is -2.70. The summed E-state index contributed by atoms with van der Waals surface area (Å²) in [6.07, 6.45) is 0.472. The van der Waals surface area contributed by atoms with Gasteiger partial charge in [0.05, 0.1) is 13.3 Å². The van der Waals surface area contributed by atoms with Gasteiger partial charge in [-0.3, -0.25) is 0 Å². The Morgan fingerprint density at radius 2 is 2.05 bits per heavy atom. The molecule has 21 heavy (non-hydrogen) atoms. The third-order valence-electron chi connectivity index (χ3n) is 2.68. The van der Waals surface area contributed by atoms with Crippen molar-refractivity contribution in [1.82, 2.24) is 5.43 Å². The predicted octanol–water partition coefficient (Wildman–Crippen LogP) is 3.13. The molecule has 110 valence electrons. The number of fused-ring (bicyclic) bond motifs is 1. The molecule has 5 nitrogen and oxygen atoms in total. The number of carbonyl (C=O) groups excluding carboxylic acids is 1. The molecule has 0 spiro atoms. The summed E-state index contributed by atoms with van der Waals surface area (Å²) in [5.74, 6) is -0.0286. The molecule has 0 saturated heterocycles. The Morgan fingerprint density at radius 1 is 1.29 bits per heavy atom. The maximum atomic E-state index is 12.4. The van der Waals surface area contributed by atoms with Crippen molar-refractivity contribution in [2.24, 2.45) is 5.10 Å². The summed E-state index contributed by atoms with van der Waals surface area (Å²) in [5, 5.41) is 5.16. The van der Waals surface area contributed by atoms with Crippen LogP contribution < -0.4 is 10.2 Å². The van der Waals surface area contributed by atoms with E-state index in [1.807, 2.05) is 12.1 Å². The number of rotatable bonds is 4. The molecule has 0 heterocycles. The molecule has 2 aromatic rings. The molecular formula is C14H12F2N2O3. The van der Waals surface area contributed by atoms with Crippen LogP contribution >= 0.6 is 0 Å². The van der Waals surface area contributed by atoms with Gasteiger partial charge in [0.25, 0.3) is 0 Å². The Kier molecular flexibility index (Phi) is 4.65. The lowest BCUT2D eigenvalue weighted by atomic mass is 10.0. The Balaban J connectivity index is 2.42. The second-order valence-electron chi connectivity index (χ2n) is 3.94. The highest BCUT2D eigenvalue weighted by Gasteiger charge is 2.11. The number of hydrazone groups is 1. The first kappa shape index (κ1) is 14.7. The van der Waals surface area contributed by atoms with Crippen LogP contribution in [0.15, 0.2) is 41.5 Å². The van der Waals surface area contributed by atoms with Gasteiger partial charge in [0, 0.05) is 5.56 Å². The van der Waals surface area contributed by atoms with E-state index in [2.05, 4.69) is 20.0 Å². The number of alkyl halides is 2. The molecule has 0 bridgehead atoms. The minimum Gasteiger partial charge on any atom is -0.452 e. The number of ether oxygens (including phenoxy) is 2. The molecule has 7 heteroatoms. The van der Waals surface area contributed by atoms with Gasteiger partial charge in [-0.2, -0.15) is 13.9 Å². The second-order valence-corrected chi connectivity index (χ2v) is 3.94. The van der Waals surface area contributed by atoms with Gasteiger partial charge in [-0.05, 0) is 16.8 Å². The van der Waals surface area contributed by atoms with E-state index in [0.717, 1.165) is 5.39 Å². The second kappa shape index (κ2) is 6.65. The molecule has 0 aliphatic carbocycles. The zero-order valence-electron chi connectivity index (χ0n) is 11.0. The third kappa shape index (κ3) is 3.65. The molecule has 2 rings (SSSR count). The first-order valence-corrected chi connectivity index (χ1v) is 5.95. The number of halogens is 2. The largest absolute Gasteiger partial charge is 0.452 e. The van der Waals surface area contributed by atoms with E-state index in [0.29, 0.717) is 10.9 Å². The average Bonchev–Trinajstić information content (AvgIpc) is 2.48. The number of benzene rings is 2. The summed E-state index contributed by atoms with van der Waals surface area (Å²) in [4.78, 5) is 10.9. The third-order valence-corrected chi connectivity index (χ3v) is 2.68. The van der Waals surface area contributed by atoms with Crippen LogP contribution in [0, 0.1) is 0 Å². The van der Waals surface area contributed by atoms with Gasteiger partial charge < -0.3 is 9.47 Å². The fourth-order valence-electron chi connectivity index (χ4n) is 1.80. The molecule has 2 aromatic carbocycles. The first-order chi connectivity index (χ1) is 10.1. The molecule has 0 saturated carbocycles. The highest BCUT2D eigenvalue weighted by molar-refractivity contribution is 6.02. The summed E-state index contributed by atoms with van der Waals surface area (Å²) in [7, 11) is 1.19. The lowest BCUT2D eigenvalue weighted by molar-refractivity contribution is -0.0498. The van der Waals surface area contributed by atoms with Crippen molar-refractivity contribution in [2.75, 3.05) is 7.11 Å². The van der Waals surface area contributed by atoms with Crippen molar-refractivity contribution in [2.45, 2.75) is 6.61 Å². The van der Waals surface area contributed by atoms with Gasteiger partial charge in [-0.25, -0.2) is 10.2 Å². The molecule has 1 amide bonds. The van der Waals surface area contributed by atoms with E-state index in [9.17, 15) is 13.6 Å². The average molecular weight is 294 g/mol. The van der Waals surface area contributed by atoms with Crippen molar-refractivity contribution in [1.29, 1.82) is 0 Å². The predicted molar refractivity (Wildman–Crippen MR) is 73.7 cm³/mol. The Bertz CT molecular complexity index is 674. The SMILES string of the molecule is COC(=O)N/N=C\c1c(OC(F)F)ccc2ccccc12. The molecule has 0 atom stereocenters. The van der Waals surface area contributed by atoms with Crippen molar-refractivity contribution in [3.05, 3.63) is 42.0 Å². The fraction of sp³-hybridized carbons (Fsp3) is 0.143. The molecular weight excluding hydrogens is 282 g/mol. The fourth-order valence-corrected chi connectivity index (χ4v) is 1.80. The molecule has 0 radical (unpaired) electrons. The minimum atomic E-state index is -2.95. The number of amides is 1. The van der Waals surface area contributed by atoms with Gasteiger partial charge >= 0.3 is 12.7 Å². The highest BCUT2D eigenvalue weighted by atomic mass is 19.3. The topological polar surface area (TPSA) is 59.9 Å². The van der Waals surface area contributed by atoms with Gasteiger partial charge in [-0.1, -0.05) is 30.3 Å². The number of methoxy groups -OCH3 is 1. The van der Waals surface area contributed by atoms with Crippen molar-refractivity contribution < 1.29 is 23.0 Å². The highest BCUT2D eigenvalue weighted by Crippen LogP contribution is 2.27. The molecule has 0 fully saturated rings.